The molecule has 26 heavy (non-hydrogen) atoms. The third-order valence-corrected chi connectivity index (χ3v) is 5.06. The van der Waals surface area contributed by atoms with Gasteiger partial charge >= 0.3 is 0 Å². The number of aliphatic hydroxyl groups is 1. The van der Waals surface area contributed by atoms with Crippen LogP contribution >= 0.6 is 0 Å². The van der Waals surface area contributed by atoms with Crippen LogP contribution in [0.5, 0.6) is 0 Å². The lowest BCUT2D eigenvalue weighted by molar-refractivity contribution is 0.127. The molecule has 1 aliphatic heterocycles. The molecule has 0 amide bonds. The number of nitrogens with one attached hydrogen (secondary N) is 2. The summed E-state index contributed by atoms with van der Waals surface area (Å²) in [6.45, 7) is 9.88. The van der Waals surface area contributed by atoms with Crippen molar-refractivity contribution in [1.29, 1.82) is 0 Å². The Labute approximate surface area is 156 Å². The van der Waals surface area contributed by atoms with Crippen molar-refractivity contribution in [2.75, 3.05) is 39.5 Å². The van der Waals surface area contributed by atoms with Gasteiger partial charge in [0.1, 0.15) is 5.82 Å². The zero-order chi connectivity index (χ0) is 19.0. The van der Waals surface area contributed by atoms with E-state index >= 15 is 0 Å². The fraction of sp³-hybridized carbons (Fsp3) is 0.650. The predicted octanol–water partition coefficient (Wildman–Crippen LogP) is 2.45. The van der Waals surface area contributed by atoms with Crippen molar-refractivity contribution in [3.63, 3.8) is 0 Å². The second-order valence-electron chi connectivity index (χ2n) is 7.72. The van der Waals surface area contributed by atoms with Crippen LogP contribution in [0.15, 0.2) is 29.3 Å². The normalized spacial score (nSPS) is 21.0. The van der Waals surface area contributed by atoms with Gasteiger partial charge in [0, 0.05) is 37.1 Å². The fourth-order valence-electron chi connectivity index (χ4n) is 3.19. The van der Waals surface area contributed by atoms with Gasteiger partial charge in [0.05, 0.1) is 13.2 Å². The van der Waals surface area contributed by atoms with Gasteiger partial charge in [0.25, 0.3) is 0 Å². The SMILES string of the molecule is CCNC(=NCC(C)(C)c1ccc(F)cc1)NCC1(CCO)CCOC1. The molecule has 1 fully saturated rings. The third-order valence-electron chi connectivity index (χ3n) is 5.06. The molecule has 3 N–H and O–H groups in total. The van der Waals surface area contributed by atoms with E-state index in [0.29, 0.717) is 13.2 Å². The summed E-state index contributed by atoms with van der Waals surface area (Å²) in [6, 6.07) is 6.61. The molecule has 1 aromatic rings. The standard InChI is InChI=1S/C20H32FN3O2/c1-4-22-18(24-14-20(9-11-25)10-12-26-15-20)23-13-19(2,3)16-5-7-17(21)8-6-16/h5-8,25H,4,9-15H2,1-3H3,(H2,22,23,24). The van der Waals surface area contributed by atoms with Crippen LogP contribution in [0, 0.1) is 11.2 Å². The molecule has 0 aromatic heterocycles. The molecule has 1 atom stereocenters. The highest BCUT2D eigenvalue weighted by Gasteiger charge is 2.34. The molecule has 0 aliphatic carbocycles. The van der Waals surface area contributed by atoms with Crippen LogP contribution in [0.25, 0.3) is 0 Å². The van der Waals surface area contributed by atoms with Crippen LogP contribution < -0.4 is 10.6 Å². The van der Waals surface area contributed by atoms with Gasteiger partial charge in [-0.3, -0.25) is 4.99 Å². The number of ether oxygens (including phenoxy) is 1. The lowest BCUT2D eigenvalue weighted by Gasteiger charge is -2.28. The van der Waals surface area contributed by atoms with Crippen molar-refractivity contribution in [2.45, 2.75) is 39.0 Å². The number of aliphatic hydroxyl groups excluding tert-OH is 1. The Morgan fingerprint density at radius 2 is 2.04 bits per heavy atom. The molecular weight excluding hydrogens is 333 g/mol. The first-order chi connectivity index (χ1) is 12.4. The topological polar surface area (TPSA) is 65.9 Å². The van der Waals surface area contributed by atoms with Gasteiger partial charge in [-0.1, -0.05) is 26.0 Å². The van der Waals surface area contributed by atoms with Crippen LogP contribution in [0.4, 0.5) is 4.39 Å². The van der Waals surface area contributed by atoms with Crippen LogP contribution in [-0.4, -0.2) is 50.5 Å². The van der Waals surface area contributed by atoms with Gasteiger partial charge in [0.2, 0.25) is 0 Å². The minimum absolute atomic E-state index is 0.0303. The zero-order valence-corrected chi connectivity index (χ0v) is 16.1. The highest BCUT2D eigenvalue weighted by atomic mass is 19.1. The Bertz CT molecular complexity index is 581. The van der Waals surface area contributed by atoms with Crippen molar-refractivity contribution in [1.82, 2.24) is 10.6 Å². The summed E-state index contributed by atoms with van der Waals surface area (Å²) in [5.41, 5.74) is 0.826. The van der Waals surface area contributed by atoms with Gasteiger partial charge in [-0.05, 0) is 37.5 Å². The third kappa shape index (κ3) is 5.68. The molecule has 6 heteroatoms. The molecule has 2 rings (SSSR count). The average molecular weight is 365 g/mol. The number of nitrogens with zero attached hydrogens (tertiary/aromatic N) is 1. The van der Waals surface area contributed by atoms with Gasteiger partial charge in [-0.2, -0.15) is 0 Å². The van der Waals surface area contributed by atoms with E-state index < -0.39 is 0 Å². The first-order valence-corrected chi connectivity index (χ1v) is 9.38. The minimum atomic E-state index is -0.226. The summed E-state index contributed by atoms with van der Waals surface area (Å²) < 4.78 is 18.7. The summed E-state index contributed by atoms with van der Waals surface area (Å²) >= 11 is 0. The fourth-order valence-corrected chi connectivity index (χ4v) is 3.19. The molecule has 0 bridgehead atoms. The maximum Gasteiger partial charge on any atom is 0.191 e. The molecule has 1 aromatic carbocycles. The van der Waals surface area contributed by atoms with Crippen molar-refractivity contribution < 1.29 is 14.2 Å². The Balaban J connectivity index is 2.02. The quantitative estimate of drug-likeness (QED) is 0.489. The Kier molecular flexibility index (Phi) is 7.41. The van der Waals surface area contributed by atoms with Crippen molar-refractivity contribution in [2.24, 2.45) is 10.4 Å². The number of rotatable bonds is 8. The van der Waals surface area contributed by atoms with E-state index in [1.165, 1.54) is 12.1 Å². The second-order valence-corrected chi connectivity index (χ2v) is 7.72. The second kappa shape index (κ2) is 9.33. The Morgan fingerprint density at radius 1 is 1.31 bits per heavy atom. The number of aliphatic imine (C=N–C) groups is 1. The smallest absolute Gasteiger partial charge is 0.191 e. The number of guanidine groups is 1. The average Bonchev–Trinajstić information content (AvgIpc) is 3.07. The van der Waals surface area contributed by atoms with E-state index in [-0.39, 0.29) is 23.3 Å². The summed E-state index contributed by atoms with van der Waals surface area (Å²) in [6.07, 6.45) is 1.67. The molecule has 1 unspecified atom stereocenters. The molecule has 0 spiro atoms. The molecule has 5 nitrogen and oxygen atoms in total. The van der Waals surface area contributed by atoms with Crippen LogP contribution in [-0.2, 0) is 10.2 Å². The van der Waals surface area contributed by atoms with E-state index in [1.54, 1.807) is 0 Å². The number of benzene rings is 1. The van der Waals surface area contributed by atoms with E-state index in [9.17, 15) is 9.50 Å². The maximum absolute atomic E-state index is 13.2. The van der Waals surface area contributed by atoms with Crippen molar-refractivity contribution in [3.8, 4) is 0 Å². The van der Waals surface area contributed by atoms with Gasteiger partial charge in [0.15, 0.2) is 5.96 Å². The van der Waals surface area contributed by atoms with Gasteiger partial charge in [-0.15, -0.1) is 0 Å². The Morgan fingerprint density at radius 3 is 2.62 bits per heavy atom. The van der Waals surface area contributed by atoms with Crippen LogP contribution in [0.3, 0.4) is 0 Å². The summed E-state index contributed by atoms with van der Waals surface area (Å²) in [7, 11) is 0. The minimum Gasteiger partial charge on any atom is -0.396 e. The summed E-state index contributed by atoms with van der Waals surface area (Å²) in [5.74, 6) is 0.530. The number of hydrogen-bond donors (Lipinski definition) is 3. The zero-order valence-electron chi connectivity index (χ0n) is 16.1. The van der Waals surface area contributed by atoms with Crippen LogP contribution in [0.2, 0.25) is 0 Å². The van der Waals surface area contributed by atoms with E-state index in [0.717, 1.165) is 44.1 Å². The first-order valence-electron chi connectivity index (χ1n) is 9.38. The molecule has 0 saturated carbocycles. The van der Waals surface area contributed by atoms with Gasteiger partial charge in [-0.25, -0.2) is 4.39 Å². The van der Waals surface area contributed by atoms with Crippen molar-refractivity contribution in [3.05, 3.63) is 35.6 Å². The first kappa shape index (κ1) is 20.6. The number of halogens is 1. The van der Waals surface area contributed by atoms with E-state index in [4.69, 9.17) is 9.73 Å². The molecule has 1 saturated heterocycles. The summed E-state index contributed by atoms with van der Waals surface area (Å²) in [4.78, 5) is 4.73. The maximum atomic E-state index is 13.2. The number of hydrogen-bond acceptors (Lipinski definition) is 3. The highest BCUT2D eigenvalue weighted by molar-refractivity contribution is 5.79. The molecular formula is C20H32FN3O2. The highest BCUT2D eigenvalue weighted by Crippen LogP contribution is 2.31. The lowest BCUT2D eigenvalue weighted by Crippen LogP contribution is -2.45. The molecule has 146 valence electrons. The van der Waals surface area contributed by atoms with Crippen LogP contribution in [0.1, 0.15) is 39.2 Å². The molecule has 1 aliphatic rings. The summed E-state index contributed by atoms with van der Waals surface area (Å²) in [5, 5.41) is 16.0. The Hall–Kier alpha value is -1.66. The predicted molar refractivity (Wildman–Crippen MR) is 103 cm³/mol. The molecule has 0 radical (unpaired) electrons. The van der Waals surface area contributed by atoms with E-state index in [1.807, 2.05) is 19.1 Å². The van der Waals surface area contributed by atoms with Gasteiger partial charge < -0.3 is 20.5 Å². The lowest BCUT2D eigenvalue weighted by atomic mass is 9.84. The largest absolute Gasteiger partial charge is 0.396 e. The van der Waals surface area contributed by atoms with E-state index in [2.05, 4.69) is 24.5 Å². The molecule has 1 heterocycles. The monoisotopic (exact) mass is 365 g/mol. The van der Waals surface area contributed by atoms with Crippen molar-refractivity contribution >= 4 is 5.96 Å².